The average molecular weight is 308 g/mol. The summed E-state index contributed by atoms with van der Waals surface area (Å²) >= 11 is 0. The summed E-state index contributed by atoms with van der Waals surface area (Å²) in [5.41, 5.74) is 7.25. The van der Waals surface area contributed by atoms with Gasteiger partial charge in [-0.3, -0.25) is 0 Å². The SMILES string of the molecule is CCCS(=O)(=O)c1ccc(N2C3CCC2CC(N)C3)cc1. The van der Waals surface area contributed by atoms with E-state index in [-0.39, 0.29) is 5.75 Å². The van der Waals surface area contributed by atoms with Crippen molar-refractivity contribution in [1.82, 2.24) is 0 Å². The molecule has 0 aromatic heterocycles. The summed E-state index contributed by atoms with van der Waals surface area (Å²) in [7, 11) is -3.12. The van der Waals surface area contributed by atoms with Crippen molar-refractivity contribution in [2.45, 2.75) is 62.0 Å². The summed E-state index contributed by atoms with van der Waals surface area (Å²) in [6.45, 7) is 1.89. The number of nitrogens with zero attached hydrogens (tertiary/aromatic N) is 1. The third kappa shape index (κ3) is 2.81. The normalized spacial score (nSPS) is 28.9. The smallest absolute Gasteiger partial charge is 0.178 e. The molecule has 116 valence electrons. The first kappa shape index (κ1) is 14.9. The molecule has 2 fully saturated rings. The molecular formula is C16H24N2O2S. The molecule has 2 aliphatic heterocycles. The van der Waals surface area contributed by atoms with Crippen LogP contribution in [0.2, 0.25) is 0 Å². The van der Waals surface area contributed by atoms with Crippen molar-refractivity contribution >= 4 is 15.5 Å². The van der Waals surface area contributed by atoms with Gasteiger partial charge >= 0.3 is 0 Å². The van der Waals surface area contributed by atoms with E-state index in [0.29, 0.717) is 29.4 Å². The zero-order valence-electron chi connectivity index (χ0n) is 12.5. The lowest BCUT2D eigenvalue weighted by Gasteiger charge is -2.39. The van der Waals surface area contributed by atoms with Crippen molar-refractivity contribution in [2.75, 3.05) is 10.7 Å². The molecule has 2 unspecified atom stereocenters. The molecule has 2 saturated heterocycles. The van der Waals surface area contributed by atoms with E-state index < -0.39 is 9.84 Å². The van der Waals surface area contributed by atoms with Crippen LogP contribution in [0.5, 0.6) is 0 Å². The molecule has 2 aliphatic rings. The topological polar surface area (TPSA) is 63.4 Å². The summed E-state index contributed by atoms with van der Waals surface area (Å²) in [6.07, 6.45) is 5.15. The van der Waals surface area contributed by atoms with Crippen molar-refractivity contribution in [3.8, 4) is 0 Å². The van der Waals surface area contributed by atoms with Crippen molar-refractivity contribution in [2.24, 2.45) is 5.73 Å². The fraction of sp³-hybridized carbons (Fsp3) is 0.625. The highest BCUT2D eigenvalue weighted by Crippen LogP contribution is 2.39. The van der Waals surface area contributed by atoms with Gasteiger partial charge in [0.2, 0.25) is 0 Å². The number of rotatable bonds is 4. The summed E-state index contributed by atoms with van der Waals surface area (Å²) < 4.78 is 24.1. The minimum absolute atomic E-state index is 0.218. The van der Waals surface area contributed by atoms with E-state index in [1.807, 2.05) is 19.1 Å². The van der Waals surface area contributed by atoms with Gasteiger partial charge in [0.05, 0.1) is 10.6 Å². The van der Waals surface area contributed by atoms with Gasteiger partial charge in [0.15, 0.2) is 9.84 Å². The van der Waals surface area contributed by atoms with Gasteiger partial charge < -0.3 is 10.6 Å². The Morgan fingerprint density at radius 2 is 1.71 bits per heavy atom. The minimum Gasteiger partial charge on any atom is -0.365 e. The number of anilines is 1. The number of benzene rings is 1. The molecule has 0 aliphatic carbocycles. The van der Waals surface area contributed by atoms with Crippen LogP contribution in [-0.4, -0.2) is 32.3 Å². The van der Waals surface area contributed by atoms with Gasteiger partial charge in [-0.1, -0.05) is 6.92 Å². The van der Waals surface area contributed by atoms with Crippen molar-refractivity contribution < 1.29 is 8.42 Å². The molecule has 2 atom stereocenters. The summed E-state index contributed by atoms with van der Waals surface area (Å²) in [6, 6.07) is 8.81. The van der Waals surface area contributed by atoms with Gasteiger partial charge in [0, 0.05) is 23.8 Å². The Hall–Kier alpha value is -1.07. The van der Waals surface area contributed by atoms with Crippen LogP contribution in [0.3, 0.4) is 0 Å². The molecule has 0 spiro atoms. The first-order valence-corrected chi connectivity index (χ1v) is 9.53. The van der Waals surface area contributed by atoms with Crippen LogP contribution in [0.4, 0.5) is 5.69 Å². The second-order valence-electron chi connectivity index (χ2n) is 6.34. The maximum Gasteiger partial charge on any atom is 0.178 e. The Bertz CT molecular complexity index is 583. The van der Waals surface area contributed by atoms with Gasteiger partial charge in [0.1, 0.15) is 0 Å². The molecule has 0 amide bonds. The number of fused-ring (bicyclic) bond motifs is 2. The van der Waals surface area contributed by atoms with E-state index in [1.165, 1.54) is 12.8 Å². The van der Waals surface area contributed by atoms with Gasteiger partial charge in [-0.05, 0) is 56.4 Å². The molecule has 2 N–H and O–H groups in total. The van der Waals surface area contributed by atoms with E-state index in [0.717, 1.165) is 18.5 Å². The van der Waals surface area contributed by atoms with Gasteiger partial charge in [0.25, 0.3) is 0 Å². The van der Waals surface area contributed by atoms with E-state index >= 15 is 0 Å². The predicted molar refractivity (Wildman–Crippen MR) is 85.3 cm³/mol. The Kier molecular flexibility index (Phi) is 3.97. The maximum absolute atomic E-state index is 12.1. The number of nitrogens with two attached hydrogens (primary N) is 1. The summed E-state index contributed by atoms with van der Waals surface area (Å²) in [4.78, 5) is 2.90. The standard InChI is InChI=1S/C16H24N2O2S/c1-2-9-21(19,20)16-7-5-13(6-8-16)18-14-3-4-15(18)11-12(17)10-14/h5-8,12,14-15H,2-4,9-11,17H2,1H3. The molecule has 21 heavy (non-hydrogen) atoms. The number of hydrogen-bond acceptors (Lipinski definition) is 4. The highest BCUT2D eigenvalue weighted by Gasteiger charge is 2.39. The third-order valence-corrected chi connectivity index (χ3v) is 6.67. The van der Waals surface area contributed by atoms with Crippen LogP contribution in [0.1, 0.15) is 39.0 Å². The zero-order valence-corrected chi connectivity index (χ0v) is 13.3. The van der Waals surface area contributed by atoms with Crippen LogP contribution in [-0.2, 0) is 9.84 Å². The van der Waals surface area contributed by atoms with E-state index in [9.17, 15) is 8.42 Å². The van der Waals surface area contributed by atoms with Crippen molar-refractivity contribution in [3.05, 3.63) is 24.3 Å². The second kappa shape index (κ2) is 5.61. The number of hydrogen-bond donors (Lipinski definition) is 1. The second-order valence-corrected chi connectivity index (χ2v) is 8.45. The van der Waals surface area contributed by atoms with Gasteiger partial charge in [-0.25, -0.2) is 8.42 Å². The molecule has 2 heterocycles. The Balaban J connectivity index is 1.82. The first-order valence-electron chi connectivity index (χ1n) is 7.88. The highest BCUT2D eigenvalue weighted by atomic mass is 32.2. The molecule has 5 heteroatoms. The lowest BCUT2D eigenvalue weighted by atomic mass is 9.97. The quantitative estimate of drug-likeness (QED) is 0.927. The van der Waals surface area contributed by atoms with Gasteiger partial charge in [-0.15, -0.1) is 0 Å². The first-order chi connectivity index (χ1) is 10.0. The van der Waals surface area contributed by atoms with Crippen LogP contribution >= 0.6 is 0 Å². The Labute approximate surface area is 127 Å². The third-order valence-electron chi connectivity index (χ3n) is 4.74. The molecule has 1 aromatic carbocycles. The zero-order chi connectivity index (χ0) is 15.0. The average Bonchev–Trinajstić information content (AvgIpc) is 2.71. The van der Waals surface area contributed by atoms with Crippen molar-refractivity contribution in [1.29, 1.82) is 0 Å². The van der Waals surface area contributed by atoms with E-state index in [2.05, 4.69) is 4.90 Å². The molecule has 2 bridgehead atoms. The van der Waals surface area contributed by atoms with E-state index in [1.54, 1.807) is 12.1 Å². The Morgan fingerprint density at radius 1 is 1.14 bits per heavy atom. The van der Waals surface area contributed by atoms with E-state index in [4.69, 9.17) is 5.73 Å². The van der Waals surface area contributed by atoms with Crippen LogP contribution in [0, 0.1) is 0 Å². The monoisotopic (exact) mass is 308 g/mol. The van der Waals surface area contributed by atoms with Crippen LogP contribution in [0.25, 0.3) is 0 Å². The molecular weight excluding hydrogens is 284 g/mol. The fourth-order valence-corrected chi connectivity index (χ4v) is 5.18. The highest BCUT2D eigenvalue weighted by molar-refractivity contribution is 7.91. The molecule has 1 aromatic rings. The summed E-state index contributed by atoms with van der Waals surface area (Å²) in [5, 5.41) is 0. The lowest BCUT2D eigenvalue weighted by Crippen LogP contribution is -2.47. The maximum atomic E-state index is 12.1. The molecule has 0 saturated carbocycles. The van der Waals surface area contributed by atoms with Crippen LogP contribution in [0.15, 0.2) is 29.2 Å². The van der Waals surface area contributed by atoms with Crippen LogP contribution < -0.4 is 10.6 Å². The minimum atomic E-state index is -3.12. The lowest BCUT2D eigenvalue weighted by molar-refractivity contribution is 0.414. The number of piperidine rings is 1. The van der Waals surface area contributed by atoms with Gasteiger partial charge in [-0.2, -0.15) is 0 Å². The molecule has 3 rings (SSSR count). The molecule has 4 nitrogen and oxygen atoms in total. The largest absolute Gasteiger partial charge is 0.365 e. The van der Waals surface area contributed by atoms with Crippen molar-refractivity contribution in [3.63, 3.8) is 0 Å². The fourth-order valence-electron chi connectivity index (χ4n) is 3.85. The Morgan fingerprint density at radius 3 is 2.24 bits per heavy atom. The number of sulfone groups is 1. The predicted octanol–water partition coefficient (Wildman–Crippen LogP) is 2.33. The molecule has 0 radical (unpaired) electrons. The summed E-state index contributed by atoms with van der Waals surface area (Å²) in [5.74, 6) is 0.218.